The van der Waals surface area contributed by atoms with Crippen LogP contribution in [0.15, 0.2) is 11.6 Å². The maximum absolute atomic E-state index is 2.55. The lowest BCUT2D eigenvalue weighted by atomic mass is 9.69. The van der Waals surface area contributed by atoms with Crippen LogP contribution in [0.5, 0.6) is 0 Å². The van der Waals surface area contributed by atoms with Gasteiger partial charge in [-0.1, -0.05) is 53.2 Å². The van der Waals surface area contributed by atoms with Crippen LogP contribution in [0.2, 0.25) is 0 Å². The Balaban J connectivity index is 2.65. The Morgan fingerprint density at radius 3 is 2.40 bits per heavy atom. The molecule has 0 heteroatoms. The zero-order valence-corrected chi connectivity index (χ0v) is 11.4. The molecule has 1 aliphatic rings. The highest BCUT2D eigenvalue weighted by Crippen LogP contribution is 2.41. The van der Waals surface area contributed by atoms with Crippen LogP contribution in [0.25, 0.3) is 0 Å². The summed E-state index contributed by atoms with van der Waals surface area (Å²) in [4.78, 5) is 0. The molecule has 0 spiro atoms. The molecule has 0 amide bonds. The molecule has 88 valence electrons. The van der Waals surface area contributed by atoms with Crippen LogP contribution in [-0.2, 0) is 0 Å². The first-order valence-corrected chi connectivity index (χ1v) is 6.53. The average Bonchev–Trinajstić information content (AvgIpc) is 2.08. The molecular formula is C15H28. The fraction of sp³-hybridized carbons (Fsp3) is 0.867. The number of hydrogen-bond donors (Lipinski definition) is 0. The van der Waals surface area contributed by atoms with Crippen LogP contribution in [0.4, 0.5) is 0 Å². The molecule has 1 aliphatic carbocycles. The van der Waals surface area contributed by atoms with Crippen molar-refractivity contribution in [1.29, 1.82) is 0 Å². The standard InChI is InChI=1S/C15H28/c1-11(2)9-12(3)14-7-8-15(5,6)13(4)10-14/h10-13H,7-9H2,1-6H3. The van der Waals surface area contributed by atoms with E-state index in [1.807, 2.05) is 0 Å². The van der Waals surface area contributed by atoms with E-state index in [9.17, 15) is 0 Å². The molecule has 2 atom stereocenters. The summed E-state index contributed by atoms with van der Waals surface area (Å²) < 4.78 is 0. The molecular weight excluding hydrogens is 180 g/mol. The van der Waals surface area contributed by atoms with Crippen molar-refractivity contribution in [3.63, 3.8) is 0 Å². The summed E-state index contributed by atoms with van der Waals surface area (Å²) >= 11 is 0. The zero-order valence-electron chi connectivity index (χ0n) is 11.4. The van der Waals surface area contributed by atoms with Gasteiger partial charge in [0.2, 0.25) is 0 Å². The molecule has 0 aromatic heterocycles. The SMILES string of the molecule is CC(C)CC(C)C1=CC(C)C(C)(C)CC1. The van der Waals surface area contributed by atoms with Crippen molar-refractivity contribution in [2.45, 2.75) is 60.8 Å². The van der Waals surface area contributed by atoms with Gasteiger partial charge in [0.15, 0.2) is 0 Å². The minimum atomic E-state index is 0.515. The predicted octanol–water partition coefficient (Wildman–Crippen LogP) is 5.05. The molecule has 0 fully saturated rings. The first kappa shape index (κ1) is 12.8. The summed E-state index contributed by atoms with van der Waals surface area (Å²) in [6.07, 6.45) is 6.59. The third-order valence-electron chi connectivity index (χ3n) is 4.21. The Labute approximate surface area is 96.2 Å². The van der Waals surface area contributed by atoms with E-state index >= 15 is 0 Å². The number of rotatable bonds is 3. The van der Waals surface area contributed by atoms with E-state index in [-0.39, 0.29) is 0 Å². The molecule has 2 unspecified atom stereocenters. The molecule has 0 heterocycles. The van der Waals surface area contributed by atoms with E-state index in [2.05, 4.69) is 47.6 Å². The van der Waals surface area contributed by atoms with E-state index in [1.165, 1.54) is 19.3 Å². The molecule has 0 aromatic carbocycles. The van der Waals surface area contributed by atoms with Crippen molar-refractivity contribution in [1.82, 2.24) is 0 Å². The Bertz CT molecular complexity index is 232. The van der Waals surface area contributed by atoms with Gasteiger partial charge in [-0.25, -0.2) is 0 Å². The predicted molar refractivity (Wildman–Crippen MR) is 68.9 cm³/mol. The van der Waals surface area contributed by atoms with Crippen LogP contribution < -0.4 is 0 Å². The molecule has 0 aromatic rings. The topological polar surface area (TPSA) is 0 Å². The minimum Gasteiger partial charge on any atom is -0.0817 e. The molecule has 15 heavy (non-hydrogen) atoms. The molecule has 0 saturated carbocycles. The third kappa shape index (κ3) is 3.36. The molecule has 0 aliphatic heterocycles. The van der Waals surface area contributed by atoms with Gasteiger partial charge in [-0.3, -0.25) is 0 Å². The van der Waals surface area contributed by atoms with Crippen molar-refractivity contribution in [3.05, 3.63) is 11.6 Å². The van der Waals surface area contributed by atoms with Crippen molar-refractivity contribution in [3.8, 4) is 0 Å². The van der Waals surface area contributed by atoms with Crippen molar-refractivity contribution in [2.24, 2.45) is 23.2 Å². The van der Waals surface area contributed by atoms with Crippen LogP contribution >= 0.6 is 0 Å². The molecule has 0 nitrogen and oxygen atoms in total. The minimum absolute atomic E-state index is 0.515. The summed E-state index contributed by atoms with van der Waals surface area (Å²) in [5, 5.41) is 0. The van der Waals surface area contributed by atoms with E-state index in [0.717, 1.165) is 17.8 Å². The zero-order chi connectivity index (χ0) is 11.6. The van der Waals surface area contributed by atoms with Gasteiger partial charge >= 0.3 is 0 Å². The summed E-state index contributed by atoms with van der Waals surface area (Å²) in [6, 6.07) is 0. The van der Waals surface area contributed by atoms with Gasteiger partial charge < -0.3 is 0 Å². The third-order valence-corrected chi connectivity index (χ3v) is 4.21. The van der Waals surface area contributed by atoms with Gasteiger partial charge in [0, 0.05) is 0 Å². The van der Waals surface area contributed by atoms with Gasteiger partial charge in [0.1, 0.15) is 0 Å². The monoisotopic (exact) mass is 208 g/mol. The molecule has 0 N–H and O–H groups in total. The van der Waals surface area contributed by atoms with Crippen LogP contribution in [0, 0.1) is 23.2 Å². The number of hydrogen-bond acceptors (Lipinski definition) is 0. The second kappa shape index (κ2) is 4.72. The van der Waals surface area contributed by atoms with E-state index in [0.29, 0.717) is 5.41 Å². The highest BCUT2D eigenvalue weighted by atomic mass is 14.3. The summed E-state index contributed by atoms with van der Waals surface area (Å²) in [5.74, 6) is 2.37. The van der Waals surface area contributed by atoms with Gasteiger partial charge in [-0.15, -0.1) is 0 Å². The Kier molecular flexibility index (Phi) is 4.03. The lowest BCUT2D eigenvalue weighted by molar-refractivity contribution is 0.232. The van der Waals surface area contributed by atoms with E-state index in [4.69, 9.17) is 0 Å². The summed E-state index contributed by atoms with van der Waals surface area (Å²) in [5.41, 5.74) is 2.23. The van der Waals surface area contributed by atoms with E-state index < -0.39 is 0 Å². The Morgan fingerprint density at radius 2 is 1.93 bits per heavy atom. The van der Waals surface area contributed by atoms with Crippen LogP contribution in [0.3, 0.4) is 0 Å². The maximum atomic E-state index is 2.55. The fourth-order valence-corrected chi connectivity index (χ4v) is 2.59. The van der Waals surface area contributed by atoms with Gasteiger partial charge in [-0.05, 0) is 42.4 Å². The second-order valence-electron chi connectivity index (χ2n) is 6.55. The largest absolute Gasteiger partial charge is 0.0817 e. The Hall–Kier alpha value is -0.260. The summed E-state index contributed by atoms with van der Waals surface area (Å²) in [6.45, 7) is 14.2. The van der Waals surface area contributed by atoms with Crippen molar-refractivity contribution < 1.29 is 0 Å². The lowest BCUT2D eigenvalue weighted by Gasteiger charge is -2.37. The Morgan fingerprint density at radius 1 is 1.33 bits per heavy atom. The fourth-order valence-electron chi connectivity index (χ4n) is 2.59. The van der Waals surface area contributed by atoms with Gasteiger partial charge in [0.25, 0.3) is 0 Å². The van der Waals surface area contributed by atoms with Gasteiger partial charge in [0.05, 0.1) is 0 Å². The molecule has 0 radical (unpaired) electrons. The second-order valence-corrected chi connectivity index (χ2v) is 6.55. The van der Waals surface area contributed by atoms with Crippen molar-refractivity contribution >= 4 is 0 Å². The normalized spacial score (nSPS) is 27.7. The first-order valence-electron chi connectivity index (χ1n) is 6.53. The van der Waals surface area contributed by atoms with Gasteiger partial charge in [-0.2, -0.15) is 0 Å². The molecule has 1 rings (SSSR count). The highest BCUT2D eigenvalue weighted by Gasteiger charge is 2.29. The first-order chi connectivity index (χ1) is 6.83. The van der Waals surface area contributed by atoms with Crippen molar-refractivity contribution in [2.75, 3.05) is 0 Å². The highest BCUT2D eigenvalue weighted by molar-refractivity contribution is 5.14. The van der Waals surface area contributed by atoms with Crippen LogP contribution in [0.1, 0.15) is 60.8 Å². The van der Waals surface area contributed by atoms with Crippen LogP contribution in [-0.4, -0.2) is 0 Å². The quantitative estimate of drug-likeness (QED) is 0.569. The lowest BCUT2D eigenvalue weighted by Crippen LogP contribution is -2.25. The molecule has 0 saturated heterocycles. The molecule has 0 bridgehead atoms. The number of allylic oxidation sites excluding steroid dienone is 2. The smallest absolute Gasteiger partial charge is 0.0208 e. The summed E-state index contributed by atoms with van der Waals surface area (Å²) in [7, 11) is 0. The average molecular weight is 208 g/mol. The van der Waals surface area contributed by atoms with E-state index in [1.54, 1.807) is 5.57 Å². The maximum Gasteiger partial charge on any atom is -0.0208 e.